The molecule has 0 saturated heterocycles. The minimum absolute atomic E-state index is 0.00900. The minimum Gasteiger partial charge on any atom is -0.478 e. The Morgan fingerprint density at radius 2 is 1.92 bits per heavy atom. The second-order valence-electron chi connectivity index (χ2n) is 4.96. The van der Waals surface area contributed by atoms with Gasteiger partial charge in [-0.05, 0) is 24.3 Å². The molecule has 2 rings (SSSR count). The number of halogens is 3. The Balaban J connectivity index is 2.29. The number of carboxylic acids is 1. The summed E-state index contributed by atoms with van der Waals surface area (Å²) in [6.07, 6.45) is -4.11. The summed E-state index contributed by atoms with van der Waals surface area (Å²) in [6.45, 7) is 0.240. The van der Waals surface area contributed by atoms with E-state index in [4.69, 9.17) is 9.84 Å². The van der Waals surface area contributed by atoms with E-state index < -0.39 is 23.4 Å². The predicted molar refractivity (Wildman–Crippen MR) is 80.6 cm³/mol. The molecule has 0 spiro atoms. The molecule has 1 heterocycles. The van der Waals surface area contributed by atoms with Gasteiger partial charge >= 0.3 is 12.1 Å². The maximum absolute atomic E-state index is 13.2. The van der Waals surface area contributed by atoms with Crippen molar-refractivity contribution in [1.82, 2.24) is 9.78 Å². The molecular formula is C15H14F3N3O4. The highest BCUT2D eigenvalue weighted by Crippen LogP contribution is 2.33. The van der Waals surface area contributed by atoms with E-state index in [9.17, 15) is 22.8 Å². The number of rotatable bonds is 6. The van der Waals surface area contributed by atoms with Gasteiger partial charge < -0.3 is 15.2 Å². The largest absolute Gasteiger partial charge is 0.478 e. The van der Waals surface area contributed by atoms with Crippen LogP contribution in [0.4, 0.5) is 18.9 Å². The highest BCUT2D eigenvalue weighted by molar-refractivity contribution is 5.91. The third-order valence-electron chi connectivity index (χ3n) is 3.20. The smallest absolute Gasteiger partial charge is 0.434 e. The number of hydrogen-bond donors (Lipinski definition) is 2. The van der Waals surface area contributed by atoms with Crippen LogP contribution in [0, 0.1) is 0 Å². The van der Waals surface area contributed by atoms with Gasteiger partial charge in [-0.3, -0.25) is 4.79 Å². The van der Waals surface area contributed by atoms with Crippen LogP contribution in [0.1, 0.15) is 22.5 Å². The summed E-state index contributed by atoms with van der Waals surface area (Å²) in [5.41, 5.74) is -1.93. The van der Waals surface area contributed by atoms with Crippen molar-refractivity contribution in [3.05, 3.63) is 41.7 Å². The van der Waals surface area contributed by atoms with Gasteiger partial charge in [0.05, 0.1) is 24.9 Å². The molecular weight excluding hydrogens is 343 g/mol. The van der Waals surface area contributed by atoms with Crippen LogP contribution in [0.3, 0.4) is 0 Å². The highest BCUT2D eigenvalue weighted by Gasteiger charge is 2.40. The van der Waals surface area contributed by atoms with E-state index in [-0.39, 0.29) is 24.6 Å². The first-order valence-electron chi connectivity index (χ1n) is 7.01. The summed E-state index contributed by atoms with van der Waals surface area (Å²) >= 11 is 0. The average Bonchev–Trinajstić information content (AvgIpc) is 2.99. The number of benzene rings is 1. The van der Waals surface area contributed by atoms with Gasteiger partial charge in [-0.25, -0.2) is 9.48 Å². The fourth-order valence-corrected chi connectivity index (χ4v) is 2.08. The minimum atomic E-state index is -4.89. The summed E-state index contributed by atoms with van der Waals surface area (Å²) < 4.78 is 44.8. The van der Waals surface area contributed by atoms with Crippen LogP contribution in [0.25, 0.3) is 5.69 Å². The average molecular weight is 357 g/mol. The molecule has 134 valence electrons. The lowest BCUT2D eigenvalue weighted by molar-refractivity contribution is -0.143. The molecule has 0 unspecified atom stereocenters. The van der Waals surface area contributed by atoms with Crippen LogP contribution in [-0.2, 0) is 15.7 Å². The van der Waals surface area contributed by atoms with E-state index in [1.807, 2.05) is 0 Å². The summed E-state index contributed by atoms with van der Waals surface area (Å²) in [5, 5.41) is 15.0. The third-order valence-corrected chi connectivity index (χ3v) is 3.20. The monoisotopic (exact) mass is 357 g/mol. The number of carbonyl (C=O) groups is 2. The van der Waals surface area contributed by atoms with Gasteiger partial charge in [0, 0.05) is 12.8 Å². The van der Waals surface area contributed by atoms with Gasteiger partial charge in [0.15, 0.2) is 5.69 Å². The van der Waals surface area contributed by atoms with Gasteiger partial charge in [-0.2, -0.15) is 18.3 Å². The maximum atomic E-state index is 13.2. The van der Waals surface area contributed by atoms with Crippen molar-refractivity contribution in [2.45, 2.75) is 12.6 Å². The zero-order valence-electron chi connectivity index (χ0n) is 13.0. The zero-order chi connectivity index (χ0) is 18.6. The lowest BCUT2D eigenvalue weighted by Gasteiger charge is -2.12. The second kappa shape index (κ2) is 7.34. The van der Waals surface area contributed by atoms with Crippen molar-refractivity contribution in [3.63, 3.8) is 0 Å². The molecule has 1 amide bonds. The molecule has 1 aromatic heterocycles. The molecule has 0 aliphatic rings. The summed E-state index contributed by atoms with van der Waals surface area (Å²) in [6, 6.07) is 5.37. The molecule has 2 N–H and O–H groups in total. The molecule has 0 bridgehead atoms. The van der Waals surface area contributed by atoms with E-state index in [0.717, 1.165) is 0 Å². The molecule has 7 nitrogen and oxygen atoms in total. The SMILES string of the molecule is COCCC(=O)Nc1ccc(-n2ncc(C(=O)O)c2C(F)(F)F)cc1. The van der Waals surface area contributed by atoms with Crippen molar-refractivity contribution in [2.24, 2.45) is 0 Å². The number of nitrogens with zero attached hydrogens (tertiary/aromatic N) is 2. The van der Waals surface area contributed by atoms with Crippen molar-refractivity contribution < 1.29 is 32.6 Å². The Hall–Kier alpha value is -2.88. The van der Waals surface area contributed by atoms with Crippen LogP contribution >= 0.6 is 0 Å². The standard InChI is InChI=1S/C15H14F3N3O4/c1-25-7-6-12(22)20-9-2-4-10(5-3-9)21-13(15(16,17)18)11(8-19-21)14(23)24/h2-5,8H,6-7H2,1H3,(H,20,22)(H,23,24). The topological polar surface area (TPSA) is 93.5 Å². The molecule has 10 heteroatoms. The number of ether oxygens (including phenoxy) is 1. The second-order valence-corrected chi connectivity index (χ2v) is 4.96. The first-order chi connectivity index (χ1) is 11.7. The molecule has 0 atom stereocenters. The summed E-state index contributed by atoms with van der Waals surface area (Å²) in [5.74, 6) is -2.03. The van der Waals surface area contributed by atoms with Crippen LogP contribution in [-0.4, -0.2) is 40.5 Å². The molecule has 0 aliphatic heterocycles. The molecule has 0 fully saturated rings. The Kier molecular flexibility index (Phi) is 5.42. The third kappa shape index (κ3) is 4.35. The van der Waals surface area contributed by atoms with Crippen LogP contribution in [0.15, 0.2) is 30.5 Å². The lowest BCUT2D eigenvalue weighted by Crippen LogP contribution is -2.17. The number of amides is 1. The van der Waals surface area contributed by atoms with Crippen LogP contribution in [0.2, 0.25) is 0 Å². The number of alkyl halides is 3. The van der Waals surface area contributed by atoms with E-state index in [1.54, 1.807) is 0 Å². The zero-order valence-corrected chi connectivity index (χ0v) is 13.0. The van der Waals surface area contributed by atoms with Crippen molar-refractivity contribution in [3.8, 4) is 5.69 Å². The van der Waals surface area contributed by atoms with Crippen molar-refractivity contribution in [2.75, 3.05) is 19.0 Å². The Morgan fingerprint density at radius 1 is 1.28 bits per heavy atom. The molecule has 1 aromatic carbocycles. The molecule has 0 aliphatic carbocycles. The van der Waals surface area contributed by atoms with E-state index in [2.05, 4.69) is 10.4 Å². The molecule has 0 radical (unpaired) electrons. The highest BCUT2D eigenvalue weighted by atomic mass is 19.4. The molecule has 2 aromatic rings. The Labute approximate surface area is 140 Å². The van der Waals surface area contributed by atoms with Gasteiger partial charge in [0.1, 0.15) is 5.56 Å². The number of methoxy groups -OCH3 is 1. The number of nitrogens with one attached hydrogen (secondary N) is 1. The van der Waals surface area contributed by atoms with Gasteiger partial charge in [0.2, 0.25) is 5.91 Å². The molecule has 25 heavy (non-hydrogen) atoms. The van der Waals surface area contributed by atoms with Crippen molar-refractivity contribution in [1.29, 1.82) is 0 Å². The number of aromatic carboxylic acids is 1. The fraction of sp³-hybridized carbons (Fsp3) is 0.267. The summed E-state index contributed by atoms with van der Waals surface area (Å²) in [4.78, 5) is 22.5. The van der Waals surface area contributed by atoms with Crippen LogP contribution in [0.5, 0.6) is 0 Å². The number of carbonyl (C=O) groups excluding carboxylic acids is 1. The molecule has 0 saturated carbocycles. The van der Waals surface area contributed by atoms with Gasteiger partial charge in [-0.1, -0.05) is 0 Å². The normalized spacial score (nSPS) is 11.4. The van der Waals surface area contributed by atoms with E-state index in [1.165, 1.54) is 31.4 Å². The van der Waals surface area contributed by atoms with Gasteiger partial charge in [0.25, 0.3) is 0 Å². The van der Waals surface area contributed by atoms with Gasteiger partial charge in [-0.15, -0.1) is 0 Å². The fourth-order valence-electron chi connectivity index (χ4n) is 2.08. The van der Waals surface area contributed by atoms with E-state index >= 15 is 0 Å². The quantitative estimate of drug-likeness (QED) is 0.829. The maximum Gasteiger partial charge on any atom is 0.434 e. The van der Waals surface area contributed by atoms with E-state index in [0.29, 0.717) is 16.6 Å². The first kappa shape index (κ1) is 18.5. The Morgan fingerprint density at radius 3 is 2.44 bits per heavy atom. The predicted octanol–water partition coefficient (Wildman–Crippen LogP) is 2.56. The Bertz CT molecular complexity index is 769. The number of anilines is 1. The number of hydrogen-bond acceptors (Lipinski definition) is 4. The number of aromatic nitrogens is 2. The number of carboxylic acid groups (broad SMARTS) is 1. The first-order valence-corrected chi connectivity index (χ1v) is 7.01. The summed E-state index contributed by atoms with van der Waals surface area (Å²) in [7, 11) is 1.45. The van der Waals surface area contributed by atoms with Crippen molar-refractivity contribution >= 4 is 17.6 Å². The lowest BCUT2D eigenvalue weighted by atomic mass is 10.2. The van der Waals surface area contributed by atoms with Crippen LogP contribution < -0.4 is 5.32 Å².